The van der Waals surface area contributed by atoms with Crippen LogP contribution >= 0.6 is 0 Å². The lowest BCUT2D eigenvalue weighted by atomic mass is 10.1. The Balaban J connectivity index is 2.04. The van der Waals surface area contributed by atoms with Crippen molar-refractivity contribution in [2.75, 3.05) is 19.5 Å². The van der Waals surface area contributed by atoms with Crippen molar-refractivity contribution in [1.29, 1.82) is 0 Å². The van der Waals surface area contributed by atoms with Gasteiger partial charge in [0, 0.05) is 17.8 Å². The van der Waals surface area contributed by atoms with Crippen LogP contribution in [-0.4, -0.2) is 56.3 Å². The van der Waals surface area contributed by atoms with Crippen LogP contribution in [-0.2, 0) is 25.6 Å². The minimum absolute atomic E-state index is 0.0646. The molecule has 0 bridgehead atoms. The number of alkyl carbamates (subject to hydrolysis) is 1. The van der Waals surface area contributed by atoms with Crippen molar-refractivity contribution in [2.24, 2.45) is 0 Å². The first-order valence-corrected chi connectivity index (χ1v) is 10.9. The topological polar surface area (TPSA) is 124 Å². The summed E-state index contributed by atoms with van der Waals surface area (Å²) in [6, 6.07) is 9.75. The number of hydrogen-bond donors (Lipinski definition) is 2. The third-order valence-electron chi connectivity index (χ3n) is 3.84. The molecule has 1 heterocycles. The van der Waals surface area contributed by atoms with E-state index in [2.05, 4.69) is 19.2 Å². The average Bonchev–Trinajstić information content (AvgIpc) is 2.73. The molecule has 0 aliphatic heterocycles. The maximum absolute atomic E-state index is 12.2. The van der Waals surface area contributed by atoms with Crippen molar-refractivity contribution in [3.05, 3.63) is 59.8 Å². The Kier molecular flexibility index (Phi) is 8.80. The molecule has 2 N–H and O–H groups in total. The highest BCUT2D eigenvalue weighted by molar-refractivity contribution is 7.85. The zero-order valence-corrected chi connectivity index (χ0v) is 17.6. The van der Waals surface area contributed by atoms with Gasteiger partial charge in [0.1, 0.15) is 12.7 Å². The summed E-state index contributed by atoms with van der Waals surface area (Å²) in [7, 11) is -3.90. The summed E-state index contributed by atoms with van der Waals surface area (Å²) in [5, 5.41) is 12.9. The second-order valence-corrected chi connectivity index (χ2v) is 8.22. The first kappa shape index (κ1) is 25.4. The molecule has 2 rings (SSSR count). The molecule has 176 valence electrons. The van der Waals surface area contributed by atoms with Crippen LogP contribution in [0.4, 0.5) is 18.0 Å². The van der Waals surface area contributed by atoms with Crippen LogP contribution in [0.15, 0.2) is 48.7 Å². The fraction of sp³-hybridized carbons (Fsp3) is 0.368. The van der Waals surface area contributed by atoms with Crippen LogP contribution in [0.5, 0.6) is 5.88 Å². The van der Waals surface area contributed by atoms with E-state index in [-0.39, 0.29) is 18.1 Å². The molecule has 0 aliphatic rings. The van der Waals surface area contributed by atoms with Gasteiger partial charge in [-0.3, -0.25) is 4.18 Å². The standard InChI is InChI=1S/C19H21F3N2O7S/c1-32(27,28)31-11-15(24-18(26)29-10-13-5-3-2-4-6-13)17(25)14-7-8-16(23-9-14)30-12-19(20,21)22/h2-9,15,17,25H,10-12H2,1H3,(H,24,26)/t15-,17?/m1/s1. The van der Waals surface area contributed by atoms with Gasteiger partial charge in [-0.05, 0) is 11.6 Å². The molecule has 1 aromatic carbocycles. The van der Waals surface area contributed by atoms with Crippen LogP contribution in [0.2, 0.25) is 0 Å². The molecule has 13 heteroatoms. The van der Waals surface area contributed by atoms with Gasteiger partial charge in [0.2, 0.25) is 5.88 Å². The lowest BCUT2D eigenvalue weighted by Crippen LogP contribution is -2.43. The maximum atomic E-state index is 12.2. The first-order chi connectivity index (χ1) is 14.9. The Bertz CT molecular complexity index is 971. The van der Waals surface area contributed by atoms with E-state index in [0.29, 0.717) is 5.56 Å². The number of carbonyl (C=O) groups is 1. The Morgan fingerprint density at radius 1 is 1.19 bits per heavy atom. The van der Waals surface area contributed by atoms with Gasteiger partial charge in [-0.15, -0.1) is 0 Å². The largest absolute Gasteiger partial charge is 0.468 e. The Morgan fingerprint density at radius 3 is 2.44 bits per heavy atom. The molecule has 0 radical (unpaired) electrons. The van der Waals surface area contributed by atoms with Crippen molar-refractivity contribution in [3.63, 3.8) is 0 Å². The highest BCUT2D eigenvalue weighted by Gasteiger charge is 2.29. The zero-order valence-electron chi connectivity index (χ0n) is 16.8. The van der Waals surface area contributed by atoms with Crippen LogP contribution in [0, 0.1) is 0 Å². The molecule has 1 amide bonds. The Morgan fingerprint density at radius 2 is 1.88 bits per heavy atom. The molecule has 1 unspecified atom stereocenters. The molecule has 9 nitrogen and oxygen atoms in total. The molecule has 2 aromatic rings. The second kappa shape index (κ2) is 11.1. The number of pyridine rings is 1. The normalized spacial score (nSPS) is 13.8. The summed E-state index contributed by atoms with van der Waals surface area (Å²) in [6.45, 7) is -2.25. The van der Waals surface area contributed by atoms with E-state index in [1.54, 1.807) is 30.3 Å². The number of aromatic nitrogens is 1. The monoisotopic (exact) mass is 478 g/mol. The van der Waals surface area contributed by atoms with Crippen molar-refractivity contribution in [3.8, 4) is 5.88 Å². The van der Waals surface area contributed by atoms with E-state index < -0.39 is 47.7 Å². The lowest BCUT2D eigenvalue weighted by molar-refractivity contribution is -0.154. The molecule has 0 spiro atoms. The summed E-state index contributed by atoms with van der Waals surface area (Å²) in [5.74, 6) is -0.336. The van der Waals surface area contributed by atoms with Crippen molar-refractivity contribution >= 4 is 16.2 Å². The molecular formula is C19H21F3N2O7S. The van der Waals surface area contributed by atoms with Crippen LogP contribution < -0.4 is 10.1 Å². The summed E-state index contributed by atoms with van der Waals surface area (Å²) < 4.78 is 73.5. The fourth-order valence-electron chi connectivity index (χ4n) is 2.36. The highest BCUT2D eigenvalue weighted by atomic mass is 32.2. The van der Waals surface area contributed by atoms with Gasteiger partial charge in [0.05, 0.1) is 18.9 Å². The van der Waals surface area contributed by atoms with Gasteiger partial charge in [0.25, 0.3) is 10.1 Å². The Labute approximate surface area is 182 Å². The Hall–Kier alpha value is -2.90. The van der Waals surface area contributed by atoms with Crippen molar-refractivity contribution in [2.45, 2.75) is 24.9 Å². The maximum Gasteiger partial charge on any atom is 0.422 e. The molecule has 32 heavy (non-hydrogen) atoms. The number of hydrogen-bond acceptors (Lipinski definition) is 8. The van der Waals surface area contributed by atoms with Crippen LogP contribution in [0.3, 0.4) is 0 Å². The number of nitrogens with one attached hydrogen (secondary N) is 1. The number of nitrogens with zero attached hydrogens (tertiary/aromatic N) is 1. The number of carbonyl (C=O) groups excluding carboxylic acids is 1. The number of amides is 1. The van der Waals surface area contributed by atoms with E-state index in [1.807, 2.05) is 0 Å². The highest BCUT2D eigenvalue weighted by Crippen LogP contribution is 2.21. The molecule has 0 saturated carbocycles. The first-order valence-electron chi connectivity index (χ1n) is 9.08. The van der Waals surface area contributed by atoms with Gasteiger partial charge in [-0.25, -0.2) is 9.78 Å². The number of halogens is 3. The number of ether oxygens (including phenoxy) is 2. The second-order valence-electron chi connectivity index (χ2n) is 6.58. The quantitative estimate of drug-likeness (QED) is 0.499. The zero-order chi connectivity index (χ0) is 23.8. The average molecular weight is 478 g/mol. The van der Waals surface area contributed by atoms with Gasteiger partial charge >= 0.3 is 12.3 Å². The third-order valence-corrected chi connectivity index (χ3v) is 4.41. The van der Waals surface area contributed by atoms with Crippen molar-refractivity contribution in [1.82, 2.24) is 10.3 Å². The van der Waals surface area contributed by atoms with Gasteiger partial charge in [0.15, 0.2) is 6.61 Å². The number of benzene rings is 1. The number of aliphatic hydroxyl groups is 1. The smallest absolute Gasteiger partial charge is 0.422 e. The third kappa shape index (κ3) is 9.49. The van der Waals surface area contributed by atoms with E-state index in [9.17, 15) is 31.5 Å². The van der Waals surface area contributed by atoms with E-state index in [0.717, 1.165) is 18.5 Å². The minimum Gasteiger partial charge on any atom is -0.468 e. The molecule has 0 fully saturated rings. The number of alkyl halides is 3. The number of rotatable bonds is 10. The van der Waals surface area contributed by atoms with Gasteiger partial charge in [-0.2, -0.15) is 21.6 Å². The summed E-state index contributed by atoms with van der Waals surface area (Å²) in [6.07, 6.45) is -5.20. The summed E-state index contributed by atoms with van der Waals surface area (Å²) in [4.78, 5) is 15.8. The lowest BCUT2D eigenvalue weighted by Gasteiger charge is -2.23. The summed E-state index contributed by atoms with van der Waals surface area (Å²) in [5.41, 5.74) is 0.764. The summed E-state index contributed by atoms with van der Waals surface area (Å²) >= 11 is 0. The molecule has 0 saturated heterocycles. The molecule has 0 aliphatic carbocycles. The van der Waals surface area contributed by atoms with E-state index in [1.165, 1.54) is 6.07 Å². The molecule has 1 aromatic heterocycles. The van der Waals surface area contributed by atoms with Crippen LogP contribution in [0.1, 0.15) is 17.2 Å². The van der Waals surface area contributed by atoms with Gasteiger partial charge in [-0.1, -0.05) is 30.3 Å². The van der Waals surface area contributed by atoms with Crippen molar-refractivity contribution < 1.29 is 45.1 Å². The predicted octanol–water partition coefficient (Wildman–Crippen LogP) is 2.33. The van der Waals surface area contributed by atoms with Gasteiger partial charge < -0.3 is 19.9 Å². The predicted molar refractivity (Wildman–Crippen MR) is 105 cm³/mol. The van der Waals surface area contributed by atoms with E-state index >= 15 is 0 Å². The van der Waals surface area contributed by atoms with E-state index in [4.69, 9.17) is 4.74 Å². The van der Waals surface area contributed by atoms with Crippen LogP contribution in [0.25, 0.3) is 0 Å². The molecular weight excluding hydrogens is 457 g/mol. The molecule has 2 atom stereocenters. The minimum atomic E-state index is -4.54. The number of aliphatic hydroxyl groups excluding tert-OH is 1. The SMILES string of the molecule is CS(=O)(=O)OC[C@@H](NC(=O)OCc1ccccc1)C(O)c1ccc(OCC(F)(F)F)nc1. The fourth-order valence-corrected chi connectivity index (χ4v) is 2.76.